The van der Waals surface area contributed by atoms with E-state index in [1.54, 1.807) is 12.1 Å². The molecule has 0 aliphatic rings. The van der Waals surface area contributed by atoms with Crippen LogP contribution in [0.25, 0.3) is 11.1 Å². The Morgan fingerprint density at radius 1 is 0.815 bits per heavy atom. The quantitative estimate of drug-likeness (QED) is 0.298. The summed E-state index contributed by atoms with van der Waals surface area (Å²) in [7, 11) is 0. The van der Waals surface area contributed by atoms with Crippen LogP contribution in [0.4, 0.5) is 0 Å². The Balaban J connectivity index is 1.71. The van der Waals surface area contributed by atoms with Crippen molar-refractivity contribution in [3.8, 4) is 16.9 Å². The summed E-state index contributed by atoms with van der Waals surface area (Å²) in [6.07, 6.45) is 12.0. The van der Waals surface area contributed by atoms with Crippen molar-refractivity contribution in [2.75, 3.05) is 0 Å². The highest BCUT2D eigenvalue weighted by Gasteiger charge is 2.07. The molecule has 0 saturated carbocycles. The third-order valence-corrected chi connectivity index (χ3v) is 5.30. The average Bonchev–Trinajstić information content (AvgIpc) is 2.69. The van der Waals surface area contributed by atoms with E-state index in [-0.39, 0.29) is 11.5 Å². The van der Waals surface area contributed by atoms with Gasteiger partial charge in [0.25, 0.3) is 0 Å². The number of benzene rings is 2. The van der Waals surface area contributed by atoms with Crippen LogP contribution in [0.3, 0.4) is 0 Å². The number of rotatable bonds is 12. The van der Waals surface area contributed by atoms with Gasteiger partial charge in [-0.05, 0) is 29.7 Å². The molecule has 0 fully saturated rings. The van der Waals surface area contributed by atoms with Crippen molar-refractivity contribution < 1.29 is 9.90 Å². The van der Waals surface area contributed by atoms with Crippen molar-refractivity contribution in [2.45, 2.75) is 71.1 Å². The highest BCUT2D eigenvalue weighted by Crippen LogP contribution is 2.29. The molecule has 2 rings (SSSR count). The second kappa shape index (κ2) is 11.8. The Labute approximate surface area is 168 Å². The maximum atomic E-state index is 12.3. The lowest BCUT2D eigenvalue weighted by atomic mass is 9.99. The molecule has 3 heteroatoms. The van der Waals surface area contributed by atoms with Crippen molar-refractivity contribution in [2.24, 2.45) is 0 Å². The number of hydrogen-bond acceptors (Lipinski definition) is 2. The van der Waals surface area contributed by atoms with Crippen molar-refractivity contribution in [3.05, 3.63) is 53.1 Å². The number of phenols is 1. The first-order chi connectivity index (χ1) is 13.1. The minimum atomic E-state index is 0.0770. The number of halogens is 1. The zero-order valence-electron chi connectivity index (χ0n) is 16.3. The van der Waals surface area contributed by atoms with Gasteiger partial charge in [0.2, 0.25) is 0 Å². The molecule has 1 N–H and O–H groups in total. The second-order valence-electron chi connectivity index (χ2n) is 7.25. The SMILES string of the molecule is CCCCCCCCCCCC(=O)c1ccc(-c2ccc(O)c(Cl)c2)cc1. The number of aromatic hydroxyl groups is 1. The molecule has 0 spiro atoms. The Morgan fingerprint density at radius 3 is 1.96 bits per heavy atom. The minimum Gasteiger partial charge on any atom is -0.506 e. The van der Waals surface area contributed by atoms with E-state index in [2.05, 4.69) is 6.92 Å². The molecule has 0 atom stereocenters. The summed E-state index contributed by atoms with van der Waals surface area (Å²) in [6, 6.07) is 12.8. The van der Waals surface area contributed by atoms with E-state index < -0.39 is 0 Å². The maximum Gasteiger partial charge on any atom is 0.162 e. The van der Waals surface area contributed by atoms with Gasteiger partial charge in [-0.1, -0.05) is 100 Å². The molecule has 0 saturated heterocycles. The van der Waals surface area contributed by atoms with Crippen LogP contribution in [0.1, 0.15) is 81.5 Å². The highest BCUT2D eigenvalue weighted by molar-refractivity contribution is 6.32. The fourth-order valence-corrected chi connectivity index (χ4v) is 3.46. The maximum absolute atomic E-state index is 12.3. The van der Waals surface area contributed by atoms with Gasteiger partial charge in [0.15, 0.2) is 5.78 Å². The molecule has 27 heavy (non-hydrogen) atoms. The van der Waals surface area contributed by atoms with Crippen molar-refractivity contribution in [3.63, 3.8) is 0 Å². The van der Waals surface area contributed by atoms with Crippen LogP contribution in [0.2, 0.25) is 5.02 Å². The molecule has 0 aromatic heterocycles. The molecule has 0 unspecified atom stereocenters. The van der Waals surface area contributed by atoms with Gasteiger partial charge in [0, 0.05) is 12.0 Å². The van der Waals surface area contributed by atoms with Crippen LogP contribution in [0.15, 0.2) is 42.5 Å². The van der Waals surface area contributed by atoms with Gasteiger partial charge in [-0.3, -0.25) is 4.79 Å². The Morgan fingerprint density at radius 2 is 1.37 bits per heavy atom. The monoisotopic (exact) mass is 386 g/mol. The standard InChI is InChI=1S/C24H31ClO2/c1-2-3-4-5-6-7-8-9-10-11-23(26)20-14-12-19(13-15-20)21-16-17-24(27)22(25)18-21/h12-18,27H,2-11H2,1H3. The molecule has 0 heterocycles. The van der Waals surface area contributed by atoms with E-state index in [0.717, 1.165) is 29.5 Å². The summed E-state index contributed by atoms with van der Waals surface area (Å²) in [6.45, 7) is 2.24. The summed E-state index contributed by atoms with van der Waals surface area (Å²) in [4.78, 5) is 12.3. The van der Waals surface area contributed by atoms with Gasteiger partial charge in [-0.15, -0.1) is 0 Å². The Hall–Kier alpha value is -1.80. The lowest BCUT2D eigenvalue weighted by Crippen LogP contribution is -1.98. The normalized spacial score (nSPS) is 10.9. The lowest BCUT2D eigenvalue weighted by Gasteiger charge is -2.06. The lowest BCUT2D eigenvalue weighted by molar-refractivity contribution is 0.0979. The number of ketones is 1. The third-order valence-electron chi connectivity index (χ3n) is 5.00. The fourth-order valence-electron chi connectivity index (χ4n) is 3.28. The van der Waals surface area contributed by atoms with Crippen molar-refractivity contribution >= 4 is 17.4 Å². The van der Waals surface area contributed by atoms with Gasteiger partial charge < -0.3 is 5.11 Å². The van der Waals surface area contributed by atoms with E-state index >= 15 is 0 Å². The average molecular weight is 387 g/mol. The number of phenolic OH excluding ortho intramolecular Hbond substituents is 1. The molecule has 0 radical (unpaired) electrons. The van der Waals surface area contributed by atoms with Crippen LogP contribution >= 0.6 is 11.6 Å². The molecule has 146 valence electrons. The van der Waals surface area contributed by atoms with E-state index in [1.807, 2.05) is 30.3 Å². The van der Waals surface area contributed by atoms with Gasteiger partial charge >= 0.3 is 0 Å². The summed E-state index contributed by atoms with van der Waals surface area (Å²) in [5, 5.41) is 9.85. The number of carbonyl (C=O) groups excluding carboxylic acids is 1. The molecule has 0 amide bonds. The van der Waals surface area contributed by atoms with Crippen LogP contribution in [0, 0.1) is 0 Å². The minimum absolute atomic E-state index is 0.0770. The van der Waals surface area contributed by atoms with E-state index in [0.29, 0.717) is 11.4 Å². The molecule has 0 aliphatic heterocycles. The van der Waals surface area contributed by atoms with Gasteiger partial charge in [0.05, 0.1) is 5.02 Å². The first kappa shape index (κ1) is 21.5. The topological polar surface area (TPSA) is 37.3 Å². The number of hydrogen-bond donors (Lipinski definition) is 1. The first-order valence-electron chi connectivity index (χ1n) is 10.2. The van der Waals surface area contributed by atoms with Crippen molar-refractivity contribution in [1.82, 2.24) is 0 Å². The van der Waals surface area contributed by atoms with E-state index in [1.165, 1.54) is 44.9 Å². The highest BCUT2D eigenvalue weighted by atomic mass is 35.5. The molecule has 2 aromatic carbocycles. The Kier molecular flexibility index (Phi) is 9.41. The first-order valence-corrected chi connectivity index (χ1v) is 10.6. The van der Waals surface area contributed by atoms with Crippen LogP contribution in [-0.2, 0) is 0 Å². The summed E-state index contributed by atoms with van der Waals surface area (Å²) < 4.78 is 0. The molecular formula is C24H31ClO2. The van der Waals surface area contributed by atoms with E-state index in [4.69, 9.17) is 11.6 Å². The van der Waals surface area contributed by atoms with Crippen LogP contribution in [-0.4, -0.2) is 10.9 Å². The smallest absolute Gasteiger partial charge is 0.162 e. The molecular weight excluding hydrogens is 356 g/mol. The zero-order valence-corrected chi connectivity index (χ0v) is 17.1. The largest absolute Gasteiger partial charge is 0.506 e. The van der Waals surface area contributed by atoms with Gasteiger partial charge in [0.1, 0.15) is 5.75 Å². The Bertz CT molecular complexity index is 707. The van der Waals surface area contributed by atoms with Gasteiger partial charge in [-0.2, -0.15) is 0 Å². The van der Waals surface area contributed by atoms with E-state index in [9.17, 15) is 9.90 Å². The summed E-state index contributed by atoms with van der Waals surface area (Å²) in [5.41, 5.74) is 2.68. The van der Waals surface area contributed by atoms with Crippen LogP contribution < -0.4 is 0 Å². The summed E-state index contributed by atoms with van der Waals surface area (Å²) >= 11 is 5.97. The van der Waals surface area contributed by atoms with Crippen molar-refractivity contribution in [1.29, 1.82) is 0 Å². The number of unbranched alkanes of at least 4 members (excludes halogenated alkanes) is 8. The van der Waals surface area contributed by atoms with Crippen LogP contribution in [0.5, 0.6) is 5.75 Å². The number of Topliss-reactive ketones (excluding diaryl/α,β-unsaturated/α-hetero) is 1. The number of carbonyl (C=O) groups is 1. The fraction of sp³-hybridized carbons (Fsp3) is 0.458. The molecule has 0 bridgehead atoms. The molecule has 2 aromatic rings. The second-order valence-corrected chi connectivity index (χ2v) is 7.65. The third kappa shape index (κ3) is 7.38. The van der Waals surface area contributed by atoms with Gasteiger partial charge in [-0.25, -0.2) is 0 Å². The predicted molar refractivity (Wildman–Crippen MR) is 115 cm³/mol. The molecule has 2 nitrogen and oxygen atoms in total. The predicted octanol–water partition coefficient (Wildman–Crippen LogP) is 7.82. The zero-order chi connectivity index (χ0) is 19.5. The summed E-state index contributed by atoms with van der Waals surface area (Å²) in [5.74, 6) is 0.293. The molecule has 0 aliphatic carbocycles.